The number of hydrogen-bond acceptors (Lipinski definition) is 2. The Balaban J connectivity index is 2.89. The molecule has 0 bridgehead atoms. The first-order valence-electron chi connectivity index (χ1n) is 4.47. The maximum Gasteiger partial charge on any atom is 0.248 e. The Bertz CT molecular complexity index is 339. The van der Waals surface area contributed by atoms with Gasteiger partial charge >= 0.3 is 0 Å². The fourth-order valence-corrected chi connectivity index (χ4v) is 1.07. The smallest absolute Gasteiger partial charge is 0.248 e. The average Bonchev–Trinajstić information content (AvgIpc) is 2.01. The van der Waals surface area contributed by atoms with E-state index in [1.807, 2.05) is 20.8 Å². The highest BCUT2D eigenvalue weighted by atomic mass is 16.5. The Morgan fingerprint density at radius 1 is 1.36 bits per heavy atom. The van der Waals surface area contributed by atoms with Crippen molar-refractivity contribution >= 4 is 5.91 Å². The van der Waals surface area contributed by atoms with Crippen molar-refractivity contribution in [3.05, 3.63) is 29.8 Å². The molecule has 1 aromatic carbocycles. The highest BCUT2D eigenvalue weighted by molar-refractivity contribution is 5.93. The summed E-state index contributed by atoms with van der Waals surface area (Å²) >= 11 is 0. The summed E-state index contributed by atoms with van der Waals surface area (Å²) in [5.41, 5.74) is 5.35. The van der Waals surface area contributed by atoms with E-state index in [4.69, 9.17) is 10.5 Å². The van der Waals surface area contributed by atoms with Gasteiger partial charge in [0.1, 0.15) is 11.4 Å². The first-order chi connectivity index (χ1) is 6.38. The number of hydrogen-bond donors (Lipinski definition) is 1. The largest absolute Gasteiger partial charge is 0.488 e. The quantitative estimate of drug-likeness (QED) is 0.780. The van der Waals surface area contributed by atoms with Crippen molar-refractivity contribution in [1.29, 1.82) is 0 Å². The number of carbonyl (C=O) groups is 1. The van der Waals surface area contributed by atoms with Crippen LogP contribution >= 0.6 is 0 Å². The zero-order chi connectivity index (χ0) is 10.8. The predicted molar refractivity (Wildman–Crippen MR) is 55.3 cm³/mol. The standard InChI is InChI=1S/C11H15NO2/c1-11(2,3)14-9-6-4-5-8(7-9)10(12)13/h4-7H,1-3H3,(H2,12,13). The van der Waals surface area contributed by atoms with Crippen molar-refractivity contribution in [2.75, 3.05) is 0 Å². The maximum absolute atomic E-state index is 10.9. The molecule has 1 rings (SSSR count). The molecule has 0 aromatic heterocycles. The lowest BCUT2D eigenvalue weighted by Gasteiger charge is -2.21. The molecular weight excluding hydrogens is 178 g/mol. The Morgan fingerprint density at radius 2 is 2.00 bits per heavy atom. The highest BCUT2D eigenvalue weighted by Gasteiger charge is 2.12. The molecule has 0 fully saturated rings. The summed E-state index contributed by atoms with van der Waals surface area (Å²) in [5.74, 6) is 0.221. The fraction of sp³-hybridized carbons (Fsp3) is 0.364. The van der Waals surface area contributed by atoms with Crippen molar-refractivity contribution in [1.82, 2.24) is 0 Å². The second-order valence-electron chi connectivity index (χ2n) is 4.11. The van der Waals surface area contributed by atoms with Gasteiger partial charge in [-0.1, -0.05) is 6.07 Å². The van der Waals surface area contributed by atoms with Crippen LogP contribution in [0.4, 0.5) is 0 Å². The molecule has 0 heterocycles. The first-order valence-corrected chi connectivity index (χ1v) is 4.47. The molecule has 0 atom stereocenters. The Kier molecular flexibility index (Phi) is 2.79. The number of primary amides is 1. The van der Waals surface area contributed by atoms with Gasteiger partial charge in [-0.2, -0.15) is 0 Å². The Hall–Kier alpha value is -1.51. The van der Waals surface area contributed by atoms with Gasteiger partial charge in [0.15, 0.2) is 0 Å². The molecule has 0 aliphatic carbocycles. The molecule has 0 spiro atoms. The van der Waals surface area contributed by atoms with Crippen LogP contribution in [0.5, 0.6) is 5.75 Å². The molecule has 0 aliphatic heterocycles. The Morgan fingerprint density at radius 3 is 2.50 bits per heavy atom. The van der Waals surface area contributed by atoms with Crippen molar-refractivity contribution < 1.29 is 9.53 Å². The normalized spacial score (nSPS) is 11.1. The van der Waals surface area contributed by atoms with E-state index in [1.54, 1.807) is 24.3 Å². The van der Waals surface area contributed by atoms with E-state index >= 15 is 0 Å². The van der Waals surface area contributed by atoms with Crippen LogP contribution in [0.2, 0.25) is 0 Å². The molecule has 1 aromatic rings. The van der Waals surface area contributed by atoms with Gasteiger partial charge in [-0.05, 0) is 39.0 Å². The van der Waals surface area contributed by atoms with Crippen LogP contribution in [0.25, 0.3) is 0 Å². The number of carbonyl (C=O) groups excluding carboxylic acids is 1. The molecule has 2 N–H and O–H groups in total. The van der Waals surface area contributed by atoms with Crippen LogP contribution < -0.4 is 10.5 Å². The zero-order valence-corrected chi connectivity index (χ0v) is 8.70. The summed E-state index contributed by atoms with van der Waals surface area (Å²) in [7, 11) is 0. The minimum Gasteiger partial charge on any atom is -0.488 e. The zero-order valence-electron chi connectivity index (χ0n) is 8.70. The van der Waals surface area contributed by atoms with Gasteiger partial charge in [-0.3, -0.25) is 4.79 Å². The van der Waals surface area contributed by atoms with Crippen LogP contribution in [0, 0.1) is 0 Å². The van der Waals surface area contributed by atoms with E-state index in [0.717, 1.165) is 0 Å². The molecule has 0 aliphatic rings. The molecule has 3 nitrogen and oxygen atoms in total. The molecule has 0 radical (unpaired) electrons. The number of rotatable bonds is 2. The lowest BCUT2D eigenvalue weighted by atomic mass is 10.1. The molecular formula is C11H15NO2. The number of ether oxygens (including phenoxy) is 1. The molecule has 14 heavy (non-hydrogen) atoms. The molecule has 0 unspecified atom stereocenters. The summed E-state index contributed by atoms with van der Waals surface area (Å²) in [6, 6.07) is 6.87. The van der Waals surface area contributed by atoms with Crippen molar-refractivity contribution in [3.63, 3.8) is 0 Å². The number of nitrogens with two attached hydrogens (primary N) is 1. The van der Waals surface area contributed by atoms with Gasteiger partial charge in [0, 0.05) is 5.56 Å². The van der Waals surface area contributed by atoms with Crippen molar-refractivity contribution in [3.8, 4) is 5.75 Å². The predicted octanol–water partition coefficient (Wildman–Crippen LogP) is 1.96. The van der Waals surface area contributed by atoms with E-state index in [0.29, 0.717) is 11.3 Å². The number of benzene rings is 1. The van der Waals surface area contributed by atoms with Gasteiger partial charge < -0.3 is 10.5 Å². The summed E-state index contributed by atoms with van der Waals surface area (Å²) in [6.45, 7) is 5.85. The van der Waals surface area contributed by atoms with Crippen LogP contribution in [-0.4, -0.2) is 11.5 Å². The maximum atomic E-state index is 10.9. The molecule has 3 heteroatoms. The van der Waals surface area contributed by atoms with E-state index in [-0.39, 0.29) is 5.60 Å². The van der Waals surface area contributed by atoms with Crippen molar-refractivity contribution in [2.45, 2.75) is 26.4 Å². The summed E-state index contributed by atoms with van der Waals surface area (Å²) in [5, 5.41) is 0. The molecule has 0 saturated heterocycles. The topological polar surface area (TPSA) is 52.3 Å². The lowest BCUT2D eigenvalue weighted by Crippen LogP contribution is -2.23. The molecule has 1 amide bonds. The molecule has 0 saturated carbocycles. The van der Waals surface area contributed by atoms with Crippen molar-refractivity contribution in [2.24, 2.45) is 5.73 Å². The van der Waals surface area contributed by atoms with Gasteiger partial charge in [-0.25, -0.2) is 0 Å². The third kappa shape index (κ3) is 3.09. The van der Waals surface area contributed by atoms with Crippen LogP contribution in [0.1, 0.15) is 31.1 Å². The molecule has 76 valence electrons. The Labute approximate surface area is 83.9 Å². The SMILES string of the molecule is CC(C)(C)Oc1cccc(C(N)=O)c1. The second kappa shape index (κ2) is 3.70. The van der Waals surface area contributed by atoms with E-state index < -0.39 is 5.91 Å². The second-order valence-corrected chi connectivity index (χ2v) is 4.11. The summed E-state index contributed by atoms with van der Waals surface area (Å²) in [4.78, 5) is 10.9. The van der Waals surface area contributed by atoms with Gasteiger partial charge in [0.2, 0.25) is 5.91 Å². The van der Waals surface area contributed by atoms with E-state index in [1.165, 1.54) is 0 Å². The van der Waals surface area contributed by atoms with Crippen LogP contribution in [0.3, 0.4) is 0 Å². The first kappa shape index (κ1) is 10.6. The minimum atomic E-state index is -0.440. The van der Waals surface area contributed by atoms with E-state index in [9.17, 15) is 4.79 Å². The monoisotopic (exact) mass is 193 g/mol. The summed E-state index contributed by atoms with van der Waals surface area (Å²) in [6.07, 6.45) is 0. The van der Waals surface area contributed by atoms with Crippen LogP contribution in [0.15, 0.2) is 24.3 Å². The highest BCUT2D eigenvalue weighted by Crippen LogP contribution is 2.18. The fourth-order valence-electron chi connectivity index (χ4n) is 1.07. The minimum absolute atomic E-state index is 0.268. The lowest BCUT2D eigenvalue weighted by molar-refractivity contribution is 0.0997. The van der Waals surface area contributed by atoms with Gasteiger partial charge in [0.25, 0.3) is 0 Å². The van der Waals surface area contributed by atoms with E-state index in [2.05, 4.69) is 0 Å². The summed E-state index contributed by atoms with van der Waals surface area (Å²) < 4.78 is 5.58. The van der Waals surface area contributed by atoms with Gasteiger partial charge in [-0.15, -0.1) is 0 Å². The number of amides is 1. The van der Waals surface area contributed by atoms with Gasteiger partial charge in [0.05, 0.1) is 0 Å². The third-order valence-electron chi connectivity index (χ3n) is 1.54. The third-order valence-corrected chi connectivity index (χ3v) is 1.54. The van der Waals surface area contributed by atoms with Crippen LogP contribution in [-0.2, 0) is 0 Å². The average molecular weight is 193 g/mol.